The van der Waals surface area contributed by atoms with Crippen molar-refractivity contribution in [1.82, 2.24) is 10.3 Å². The van der Waals surface area contributed by atoms with Crippen LogP contribution in [0.25, 0.3) is 10.2 Å². The number of nitrogens with one attached hydrogen (secondary N) is 1. The lowest BCUT2D eigenvalue weighted by atomic mass is 10.3. The van der Waals surface area contributed by atoms with Gasteiger partial charge >= 0.3 is 0 Å². The number of methoxy groups -OCH3 is 2. The summed E-state index contributed by atoms with van der Waals surface area (Å²) >= 11 is 1.52. The van der Waals surface area contributed by atoms with E-state index in [4.69, 9.17) is 9.47 Å². The van der Waals surface area contributed by atoms with Crippen molar-refractivity contribution >= 4 is 32.6 Å². The molecular weight excluding hydrogens is 278 g/mol. The summed E-state index contributed by atoms with van der Waals surface area (Å²) in [5.74, 6) is 1.50. The van der Waals surface area contributed by atoms with Crippen LogP contribution >= 0.6 is 11.3 Å². The average Bonchev–Trinajstić information content (AvgIpc) is 2.91. The van der Waals surface area contributed by atoms with Crippen molar-refractivity contribution in [2.75, 3.05) is 38.8 Å². The molecule has 0 saturated carbocycles. The van der Waals surface area contributed by atoms with Gasteiger partial charge in [0.25, 0.3) is 0 Å². The number of anilines is 1. The number of fused-ring (bicyclic) bond motifs is 1. The molecule has 0 aliphatic carbocycles. The minimum absolute atomic E-state index is 0.0226. The Hall–Kier alpha value is -2.02. The third-order valence-corrected chi connectivity index (χ3v) is 4.34. The smallest absolute Gasteiger partial charge is 0.239 e. The van der Waals surface area contributed by atoms with Crippen molar-refractivity contribution < 1.29 is 14.3 Å². The van der Waals surface area contributed by atoms with Crippen molar-refractivity contribution in [3.63, 3.8) is 0 Å². The summed E-state index contributed by atoms with van der Waals surface area (Å²) in [7, 11) is 3.25. The highest BCUT2D eigenvalue weighted by molar-refractivity contribution is 7.22. The van der Waals surface area contributed by atoms with E-state index in [1.807, 2.05) is 17.0 Å². The summed E-state index contributed by atoms with van der Waals surface area (Å²) in [4.78, 5) is 18.1. The molecule has 1 saturated heterocycles. The topological polar surface area (TPSA) is 63.7 Å². The number of aromatic nitrogens is 1. The molecule has 1 aromatic carbocycles. The van der Waals surface area contributed by atoms with Crippen molar-refractivity contribution in [2.45, 2.75) is 0 Å². The monoisotopic (exact) mass is 293 g/mol. The van der Waals surface area contributed by atoms with E-state index in [9.17, 15) is 4.79 Å². The lowest BCUT2D eigenvalue weighted by Crippen LogP contribution is -2.47. The fraction of sp³-hybridized carbons (Fsp3) is 0.385. The fourth-order valence-electron chi connectivity index (χ4n) is 2.21. The molecule has 0 radical (unpaired) electrons. The third kappa shape index (κ3) is 2.14. The van der Waals surface area contributed by atoms with Gasteiger partial charge in [-0.25, -0.2) is 4.98 Å². The summed E-state index contributed by atoms with van der Waals surface area (Å²) in [6, 6.07) is 3.71. The van der Waals surface area contributed by atoms with E-state index in [1.54, 1.807) is 14.2 Å². The zero-order valence-electron chi connectivity index (χ0n) is 11.3. The number of hydrogen-bond donors (Lipinski definition) is 1. The minimum atomic E-state index is 0.0226. The molecule has 0 bridgehead atoms. The molecule has 20 heavy (non-hydrogen) atoms. The van der Waals surface area contributed by atoms with Gasteiger partial charge < -0.3 is 19.7 Å². The van der Waals surface area contributed by atoms with Crippen LogP contribution in [-0.4, -0.2) is 44.7 Å². The Balaban J connectivity index is 2.06. The van der Waals surface area contributed by atoms with Crippen LogP contribution in [-0.2, 0) is 4.79 Å². The van der Waals surface area contributed by atoms with Crippen molar-refractivity contribution in [3.8, 4) is 11.5 Å². The molecule has 1 aliphatic rings. The molecule has 0 unspecified atom stereocenters. The number of amides is 1. The first-order valence-corrected chi connectivity index (χ1v) is 7.07. The van der Waals surface area contributed by atoms with Crippen LogP contribution in [0.4, 0.5) is 5.13 Å². The highest BCUT2D eigenvalue weighted by Crippen LogP contribution is 2.40. The largest absolute Gasteiger partial charge is 0.495 e. The number of rotatable bonds is 3. The van der Waals surface area contributed by atoms with Crippen molar-refractivity contribution in [3.05, 3.63) is 12.1 Å². The first kappa shape index (κ1) is 13.0. The average molecular weight is 293 g/mol. The van der Waals surface area contributed by atoms with Gasteiger partial charge in [-0.3, -0.25) is 4.79 Å². The van der Waals surface area contributed by atoms with E-state index >= 15 is 0 Å². The quantitative estimate of drug-likeness (QED) is 0.922. The van der Waals surface area contributed by atoms with Gasteiger partial charge in [-0.2, -0.15) is 0 Å². The van der Waals surface area contributed by atoms with Crippen LogP contribution in [0.2, 0.25) is 0 Å². The molecule has 0 atom stereocenters. The third-order valence-electron chi connectivity index (χ3n) is 3.21. The van der Waals surface area contributed by atoms with Gasteiger partial charge in [-0.15, -0.1) is 0 Å². The highest BCUT2D eigenvalue weighted by Gasteiger charge is 2.21. The van der Waals surface area contributed by atoms with E-state index in [0.717, 1.165) is 27.6 Å². The molecule has 1 N–H and O–H groups in total. The molecule has 3 rings (SSSR count). The van der Waals surface area contributed by atoms with Crippen molar-refractivity contribution in [1.29, 1.82) is 0 Å². The van der Waals surface area contributed by atoms with Gasteiger partial charge in [0.15, 0.2) is 5.13 Å². The number of hydrogen-bond acceptors (Lipinski definition) is 6. The number of thiazole rings is 1. The number of carbonyl (C=O) groups is 1. The SMILES string of the molecule is COc1ccc(OC)c2sc(N3CCNC(=O)C3)nc12. The summed E-state index contributed by atoms with van der Waals surface area (Å²) in [5, 5.41) is 3.62. The van der Waals surface area contributed by atoms with E-state index in [1.165, 1.54) is 11.3 Å². The number of nitrogens with zero attached hydrogens (tertiary/aromatic N) is 2. The van der Waals surface area contributed by atoms with Gasteiger partial charge in [-0.1, -0.05) is 11.3 Å². The summed E-state index contributed by atoms with van der Waals surface area (Å²) in [6.07, 6.45) is 0. The predicted molar refractivity (Wildman–Crippen MR) is 77.9 cm³/mol. The van der Waals surface area contributed by atoms with E-state index in [-0.39, 0.29) is 5.91 Å². The Morgan fingerprint density at radius 2 is 2.05 bits per heavy atom. The number of carbonyl (C=O) groups excluding carboxylic acids is 1. The molecule has 1 aromatic heterocycles. The molecule has 7 heteroatoms. The molecular formula is C13H15N3O3S. The summed E-state index contributed by atoms with van der Waals surface area (Å²) < 4.78 is 11.6. The lowest BCUT2D eigenvalue weighted by Gasteiger charge is -2.25. The molecule has 2 aromatic rings. The van der Waals surface area contributed by atoms with Crippen molar-refractivity contribution in [2.24, 2.45) is 0 Å². The van der Waals surface area contributed by atoms with Gasteiger partial charge in [0.1, 0.15) is 21.7 Å². The number of ether oxygens (including phenoxy) is 2. The van der Waals surface area contributed by atoms with Gasteiger partial charge in [0.2, 0.25) is 5.91 Å². The standard InChI is InChI=1S/C13H15N3O3S/c1-18-8-3-4-9(19-2)12-11(8)15-13(20-12)16-6-5-14-10(17)7-16/h3-4H,5-7H2,1-2H3,(H,14,17). The maximum Gasteiger partial charge on any atom is 0.239 e. The Bertz CT molecular complexity index is 615. The molecule has 1 amide bonds. The summed E-state index contributed by atoms with van der Waals surface area (Å²) in [5.41, 5.74) is 0.776. The Morgan fingerprint density at radius 1 is 1.30 bits per heavy atom. The van der Waals surface area contributed by atoms with Crippen LogP contribution in [0, 0.1) is 0 Å². The van der Waals surface area contributed by atoms with Gasteiger partial charge in [0, 0.05) is 13.1 Å². The maximum absolute atomic E-state index is 11.5. The zero-order chi connectivity index (χ0) is 14.1. The summed E-state index contributed by atoms with van der Waals surface area (Å²) in [6.45, 7) is 1.74. The zero-order valence-corrected chi connectivity index (χ0v) is 12.1. The molecule has 1 fully saturated rings. The first-order chi connectivity index (χ1) is 9.72. The minimum Gasteiger partial charge on any atom is -0.495 e. The van der Waals surface area contributed by atoms with Crippen LogP contribution in [0.5, 0.6) is 11.5 Å². The number of piperazine rings is 1. The van der Waals surface area contributed by atoms with Gasteiger partial charge in [-0.05, 0) is 12.1 Å². The number of benzene rings is 1. The van der Waals surface area contributed by atoms with E-state index in [0.29, 0.717) is 18.8 Å². The second kappa shape index (κ2) is 5.16. The molecule has 1 aliphatic heterocycles. The van der Waals surface area contributed by atoms with E-state index < -0.39 is 0 Å². The van der Waals surface area contributed by atoms with Crippen LogP contribution in [0.3, 0.4) is 0 Å². The van der Waals surface area contributed by atoms with E-state index in [2.05, 4.69) is 10.3 Å². The normalized spacial score (nSPS) is 15.3. The second-order valence-corrected chi connectivity index (χ2v) is 5.39. The molecule has 2 heterocycles. The maximum atomic E-state index is 11.5. The Morgan fingerprint density at radius 3 is 2.75 bits per heavy atom. The molecule has 106 valence electrons. The molecule has 0 spiro atoms. The van der Waals surface area contributed by atoms with Crippen LogP contribution in [0.15, 0.2) is 12.1 Å². The van der Waals surface area contributed by atoms with Crippen LogP contribution < -0.4 is 19.7 Å². The predicted octanol–water partition coefficient (Wildman–Crippen LogP) is 1.25. The Labute approximate surface area is 120 Å². The highest BCUT2D eigenvalue weighted by atomic mass is 32.1. The van der Waals surface area contributed by atoms with Gasteiger partial charge in [0.05, 0.1) is 20.8 Å². The lowest BCUT2D eigenvalue weighted by molar-refractivity contribution is -0.120. The molecule has 6 nitrogen and oxygen atoms in total. The second-order valence-electron chi connectivity index (χ2n) is 4.42. The Kier molecular flexibility index (Phi) is 3.35. The van der Waals surface area contributed by atoms with Crippen LogP contribution in [0.1, 0.15) is 0 Å². The fourth-order valence-corrected chi connectivity index (χ4v) is 3.31. The first-order valence-electron chi connectivity index (χ1n) is 6.26.